The molecule has 1 saturated carbocycles. The summed E-state index contributed by atoms with van der Waals surface area (Å²) in [6.07, 6.45) is 3.74. The first kappa shape index (κ1) is 14.5. The molecule has 1 aromatic rings. The average molecular weight is 262 g/mol. The van der Waals surface area contributed by atoms with E-state index in [4.69, 9.17) is 10.5 Å². The smallest absolute Gasteiger partial charge is 0.0474 e. The third-order valence-corrected chi connectivity index (χ3v) is 3.96. The Morgan fingerprint density at radius 2 is 2.21 bits per heavy atom. The van der Waals surface area contributed by atoms with Gasteiger partial charge in [-0.2, -0.15) is 0 Å². The number of methoxy groups -OCH3 is 1. The molecule has 2 N–H and O–H groups in total. The van der Waals surface area contributed by atoms with E-state index in [1.165, 1.54) is 24.0 Å². The van der Waals surface area contributed by atoms with E-state index in [2.05, 4.69) is 36.2 Å². The topological polar surface area (TPSA) is 38.5 Å². The monoisotopic (exact) mass is 262 g/mol. The molecule has 3 heteroatoms. The quantitative estimate of drug-likeness (QED) is 0.732. The lowest BCUT2D eigenvalue weighted by Crippen LogP contribution is -2.31. The van der Waals surface area contributed by atoms with E-state index in [9.17, 15) is 0 Å². The fourth-order valence-electron chi connectivity index (χ4n) is 2.62. The summed E-state index contributed by atoms with van der Waals surface area (Å²) in [4.78, 5) is 2.34. The Balaban J connectivity index is 2.01. The highest BCUT2D eigenvalue weighted by atomic mass is 16.5. The Morgan fingerprint density at radius 1 is 1.42 bits per heavy atom. The normalized spacial score (nSPS) is 16.8. The summed E-state index contributed by atoms with van der Waals surface area (Å²) in [5.74, 6) is 0.803. The maximum atomic E-state index is 5.98. The van der Waals surface area contributed by atoms with Gasteiger partial charge in [0.1, 0.15) is 0 Å². The molecule has 0 spiro atoms. The summed E-state index contributed by atoms with van der Waals surface area (Å²) >= 11 is 0. The minimum absolute atomic E-state index is 0.315. The minimum atomic E-state index is 0.315. The first-order valence-electron chi connectivity index (χ1n) is 7.25. The van der Waals surface area contributed by atoms with E-state index in [1.807, 2.05) is 0 Å². The van der Waals surface area contributed by atoms with E-state index >= 15 is 0 Å². The second kappa shape index (κ2) is 7.04. The van der Waals surface area contributed by atoms with Crippen LogP contribution in [0.15, 0.2) is 24.3 Å². The summed E-state index contributed by atoms with van der Waals surface area (Å²) in [7, 11) is 3.90. The standard InChI is InChI=1S/C16H26N2O/c1-18(9-4-10-19-2)16(12-17)15-6-3-5-14(11-15)13-7-8-13/h3,5-6,11,13,16H,4,7-10,12,17H2,1-2H3. The van der Waals surface area contributed by atoms with Crippen molar-refractivity contribution in [2.45, 2.75) is 31.2 Å². The van der Waals surface area contributed by atoms with Crippen molar-refractivity contribution in [3.63, 3.8) is 0 Å². The number of ether oxygens (including phenoxy) is 1. The molecule has 2 rings (SSSR count). The lowest BCUT2D eigenvalue weighted by atomic mass is 10.0. The Bertz CT molecular complexity index is 390. The molecular weight excluding hydrogens is 236 g/mol. The van der Waals surface area contributed by atoms with Crippen LogP contribution in [0.25, 0.3) is 0 Å². The minimum Gasteiger partial charge on any atom is -0.385 e. The maximum absolute atomic E-state index is 5.98. The molecule has 0 radical (unpaired) electrons. The van der Waals surface area contributed by atoms with Crippen LogP contribution in [0.3, 0.4) is 0 Å². The van der Waals surface area contributed by atoms with Crippen molar-refractivity contribution >= 4 is 0 Å². The Kier molecular flexibility index (Phi) is 5.37. The van der Waals surface area contributed by atoms with Crippen molar-refractivity contribution in [2.75, 3.05) is 33.9 Å². The summed E-state index contributed by atoms with van der Waals surface area (Å²) < 4.78 is 5.11. The first-order valence-corrected chi connectivity index (χ1v) is 7.25. The van der Waals surface area contributed by atoms with Crippen LogP contribution in [0.2, 0.25) is 0 Å². The molecule has 3 nitrogen and oxygen atoms in total. The number of hydrogen-bond donors (Lipinski definition) is 1. The van der Waals surface area contributed by atoms with Crippen LogP contribution in [-0.2, 0) is 4.74 Å². The highest BCUT2D eigenvalue weighted by molar-refractivity contribution is 5.31. The van der Waals surface area contributed by atoms with Crippen LogP contribution in [0.5, 0.6) is 0 Å². The highest BCUT2D eigenvalue weighted by Crippen LogP contribution is 2.40. The zero-order chi connectivity index (χ0) is 13.7. The molecule has 1 aliphatic rings. The van der Waals surface area contributed by atoms with Crippen molar-refractivity contribution in [2.24, 2.45) is 5.73 Å². The van der Waals surface area contributed by atoms with Gasteiger partial charge in [-0.3, -0.25) is 4.90 Å². The van der Waals surface area contributed by atoms with Crippen molar-refractivity contribution in [1.82, 2.24) is 4.90 Å². The molecule has 0 amide bonds. The van der Waals surface area contributed by atoms with Crippen molar-refractivity contribution in [3.05, 3.63) is 35.4 Å². The SMILES string of the molecule is COCCCN(C)C(CN)c1cccc(C2CC2)c1. The van der Waals surface area contributed by atoms with E-state index < -0.39 is 0 Å². The van der Waals surface area contributed by atoms with Gasteiger partial charge in [0.05, 0.1) is 0 Å². The molecular formula is C16H26N2O. The number of likely N-dealkylation sites (N-methyl/N-ethyl adjacent to an activating group) is 1. The van der Waals surface area contributed by atoms with Gasteiger partial charge in [0.15, 0.2) is 0 Å². The molecule has 1 atom stereocenters. The maximum Gasteiger partial charge on any atom is 0.0474 e. The highest BCUT2D eigenvalue weighted by Gasteiger charge is 2.24. The Hall–Kier alpha value is -0.900. The summed E-state index contributed by atoms with van der Waals surface area (Å²) in [6.45, 7) is 2.49. The number of rotatable bonds is 8. The van der Waals surface area contributed by atoms with Gasteiger partial charge in [0, 0.05) is 32.8 Å². The third-order valence-electron chi connectivity index (χ3n) is 3.96. The van der Waals surface area contributed by atoms with Crippen LogP contribution in [0.4, 0.5) is 0 Å². The van der Waals surface area contributed by atoms with Gasteiger partial charge in [-0.05, 0) is 43.4 Å². The molecule has 0 aliphatic heterocycles. The van der Waals surface area contributed by atoms with Crippen molar-refractivity contribution < 1.29 is 4.74 Å². The lowest BCUT2D eigenvalue weighted by Gasteiger charge is -2.27. The van der Waals surface area contributed by atoms with E-state index in [0.717, 1.165) is 25.5 Å². The second-order valence-electron chi connectivity index (χ2n) is 5.52. The zero-order valence-corrected chi connectivity index (χ0v) is 12.1. The molecule has 1 unspecified atom stereocenters. The number of nitrogens with zero attached hydrogens (tertiary/aromatic N) is 1. The molecule has 0 aromatic heterocycles. The zero-order valence-electron chi connectivity index (χ0n) is 12.1. The van der Waals surface area contributed by atoms with Crippen molar-refractivity contribution in [3.8, 4) is 0 Å². The van der Waals surface area contributed by atoms with Crippen LogP contribution in [-0.4, -0.2) is 38.8 Å². The molecule has 0 saturated heterocycles. The van der Waals surface area contributed by atoms with Crippen LogP contribution in [0, 0.1) is 0 Å². The third kappa shape index (κ3) is 4.03. The number of hydrogen-bond acceptors (Lipinski definition) is 3. The van der Waals surface area contributed by atoms with Gasteiger partial charge in [0.2, 0.25) is 0 Å². The Morgan fingerprint density at radius 3 is 2.84 bits per heavy atom. The summed E-state index contributed by atoms with van der Waals surface area (Å²) in [5, 5.41) is 0. The van der Waals surface area contributed by atoms with E-state index in [0.29, 0.717) is 12.6 Å². The van der Waals surface area contributed by atoms with Crippen LogP contribution >= 0.6 is 0 Å². The Labute approximate surface area is 116 Å². The van der Waals surface area contributed by atoms with E-state index in [-0.39, 0.29) is 0 Å². The van der Waals surface area contributed by atoms with Gasteiger partial charge < -0.3 is 10.5 Å². The summed E-state index contributed by atoms with van der Waals surface area (Å²) in [5.41, 5.74) is 8.82. The largest absolute Gasteiger partial charge is 0.385 e. The first-order chi connectivity index (χ1) is 9.26. The van der Waals surface area contributed by atoms with E-state index in [1.54, 1.807) is 7.11 Å². The second-order valence-corrected chi connectivity index (χ2v) is 5.52. The predicted octanol–water partition coefficient (Wildman–Crippen LogP) is 2.53. The van der Waals surface area contributed by atoms with Crippen LogP contribution < -0.4 is 5.73 Å². The summed E-state index contributed by atoms with van der Waals surface area (Å²) in [6, 6.07) is 9.29. The van der Waals surface area contributed by atoms with Gasteiger partial charge in [-0.25, -0.2) is 0 Å². The predicted molar refractivity (Wildman–Crippen MR) is 79.3 cm³/mol. The molecule has 1 fully saturated rings. The molecule has 106 valence electrons. The molecule has 1 aliphatic carbocycles. The fourth-order valence-corrected chi connectivity index (χ4v) is 2.62. The van der Waals surface area contributed by atoms with Gasteiger partial charge in [0.25, 0.3) is 0 Å². The fraction of sp³-hybridized carbons (Fsp3) is 0.625. The molecule has 0 bridgehead atoms. The van der Waals surface area contributed by atoms with Gasteiger partial charge >= 0.3 is 0 Å². The molecule has 1 aromatic carbocycles. The molecule has 19 heavy (non-hydrogen) atoms. The van der Waals surface area contributed by atoms with Crippen molar-refractivity contribution in [1.29, 1.82) is 0 Å². The van der Waals surface area contributed by atoms with Gasteiger partial charge in [-0.1, -0.05) is 24.3 Å². The molecule has 0 heterocycles. The number of nitrogens with two attached hydrogens (primary N) is 1. The number of benzene rings is 1. The van der Waals surface area contributed by atoms with Crippen LogP contribution in [0.1, 0.15) is 42.3 Å². The lowest BCUT2D eigenvalue weighted by molar-refractivity contribution is 0.166. The average Bonchev–Trinajstić information content (AvgIpc) is 3.25. The van der Waals surface area contributed by atoms with Gasteiger partial charge in [-0.15, -0.1) is 0 Å².